The largest absolute Gasteiger partial charge is 0.481 e. The van der Waals surface area contributed by atoms with Crippen molar-refractivity contribution < 1.29 is 14.3 Å². The van der Waals surface area contributed by atoms with E-state index >= 15 is 0 Å². The molecule has 0 aliphatic heterocycles. The quantitative estimate of drug-likeness (QED) is 0.790. The van der Waals surface area contributed by atoms with Gasteiger partial charge in [-0.15, -0.1) is 0 Å². The third-order valence-electron chi connectivity index (χ3n) is 3.33. The third-order valence-corrected chi connectivity index (χ3v) is 3.33. The van der Waals surface area contributed by atoms with Gasteiger partial charge in [0, 0.05) is 12.6 Å². The summed E-state index contributed by atoms with van der Waals surface area (Å²) in [5.41, 5.74) is 1.33. The lowest BCUT2D eigenvalue weighted by molar-refractivity contribution is -0.136. The molecule has 1 heterocycles. The Labute approximate surface area is 117 Å². The molecule has 0 radical (unpaired) electrons. The Kier molecular flexibility index (Phi) is 4.71. The lowest BCUT2D eigenvalue weighted by Gasteiger charge is -2.07. The smallest absolute Gasteiger partial charge is 0.311 e. The summed E-state index contributed by atoms with van der Waals surface area (Å²) in [5.74, 6) is -0.778. The number of carboxylic acids is 1. The summed E-state index contributed by atoms with van der Waals surface area (Å²) in [5, 5.41) is 8.95. The topological polar surface area (TPSA) is 55.1 Å². The van der Waals surface area contributed by atoms with Gasteiger partial charge in [0.25, 0.3) is 0 Å². The number of imidazole rings is 1. The summed E-state index contributed by atoms with van der Waals surface area (Å²) < 4.78 is 15.1. The zero-order valence-electron chi connectivity index (χ0n) is 11.6. The van der Waals surface area contributed by atoms with Crippen molar-refractivity contribution in [2.75, 3.05) is 0 Å². The van der Waals surface area contributed by atoms with Gasteiger partial charge in [0.1, 0.15) is 18.1 Å². The fraction of sp³-hybridized carbons (Fsp3) is 0.467. The standard InChI is InChI=1S/C15H19FN2O2/c1-2-3-4-5-8-18-13-7-6-11(16)9-12(13)17-14(18)10-15(19)20/h6-7,9H,2-5,8,10H2,1H3,(H,19,20). The number of aryl methyl sites for hydroxylation is 1. The van der Waals surface area contributed by atoms with E-state index in [1.54, 1.807) is 6.07 Å². The molecular weight excluding hydrogens is 259 g/mol. The number of halogens is 1. The fourth-order valence-corrected chi connectivity index (χ4v) is 2.37. The number of aliphatic carboxylic acids is 1. The van der Waals surface area contributed by atoms with Crippen molar-refractivity contribution in [1.82, 2.24) is 9.55 Å². The van der Waals surface area contributed by atoms with Crippen LogP contribution in [0, 0.1) is 5.82 Å². The minimum atomic E-state index is -0.921. The number of nitrogens with zero attached hydrogens (tertiary/aromatic N) is 2. The number of carboxylic acid groups (broad SMARTS) is 1. The highest BCUT2D eigenvalue weighted by Crippen LogP contribution is 2.19. The Hall–Kier alpha value is -1.91. The lowest BCUT2D eigenvalue weighted by atomic mass is 10.2. The molecule has 0 bridgehead atoms. The Morgan fingerprint density at radius 1 is 1.35 bits per heavy atom. The minimum Gasteiger partial charge on any atom is -0.481 e. The molecular formula is C15H19FN2O2. The van der Waals surface area contributed by atoms with Crippen molar-refractivity contribution in [3.05, 3.63) is 29.8 Å². The van der Waals surface area contributed by atoms with Crippen LogP contribution in [-0.2, 0) is 17.8 Å². The Balaban J connectivity index is 2.29. The van der Waals surface area contributed by atoms with Crippen molar-refractivity contribution in [3.8, 4) is 0 Å². The molecule has 108 valence electrons. The molecule has 5 heteroatoms. The van der Waals surface area contributed by atoms with E-state index in [2.05, 4.69) is 11.9 Å². The highest BCUT2D eigenvalue weighted by molar-refractivity contribution is 5.78. The second-order valence-electron chi connectivity index (χ2n) is 4.94. The molecule has 2 aromatic rings. The van der Waals surface area contributed by atoms with Crippen molar-refractivity contribution in [1.29, 1.82) is 0 Å². The van der Waals surface area contributed by atoms with Gasteiger partial charge in [0.15, 0.2) is 0 Å². The summed E-state index contributed by atoms with van der Waals surface area (Å²) in [4.78, 5) is 15.2. The monoisotopic (exact) mass is 278 g/mol. The van der Waals surface area contributed by atoms with Gasteiger partial charge < -0.3 is 9.67 Å². The van der Waals surface area contributed by atoms with E-state index in [4.69, 9.17) is 5.11 Å². The van der Waals surface area contributed by atoms with Gasteiger partial charge in [-0.05, 0) is 18.6 Å². The minimum absolute atomic E-state index is 0.135. The average molecular weight is 278 g/mol. The first-order valence-electron chi connectivity index (χ1n) is 6.98. The maximum Gasteiger partial charge on any atom is 0.311 e. The predicted octanol–water partition coefficient (Wildman–Crippen LogP) is 3.38. The van der Waals surface area contributed by atoms with Crippen molar-refractivity contribution >= 4 is 17.0 Å². The number of aromatic nitrogens is 2. The molecule has 4 nitrogen and oxygen atoms in total. The first kappa shape index (κ1) is 14.5. The van der Waals surface area contributed by atoms with Crippen LogP contribution in [0.2, 0.25) is 0 Å². The zero-order chi connectivity index (χ0) is 14.5. The number of carbonyl (C=O) groups is 1. The van der Waals surface area contributed by atoms with Crippen LogP contribution in [0.5, 0.6) is 0 Å². The maximum absolute atomic E-state index is 13.2. The van der Waals surface area contributed by atoms with Crippen molar-refractivity contribution in [3.63, 3.8) is 0 Å². The van der Waals surface area contributed by atoms with Crippen LogP contribution in [0.15, 0.2) is 18.2 Å². The van der Waals surface area contributed by atoms with Gasteiger partial charge in [-0.2, -0.15) is 0 Å². The summed E-state index contributed by atoms with van der Waals surface area (Å²) in [6.45, 7) is 2.87. The van der Waals surface area contributed by atoms with Crippen molar-refractivity contribution in [2.24, 2.45) is 0 Å². The van der Waals surface area contributed by atoms with Gasteiger partial charge in [0.2, 0.25) is 0 Å². The highest BCUT2D eigenvalue weighted by Gasteiger charge is 2.13. The van der Waals surface area contributed by atoms with Crippen LogP contribution in [0.4, 0.5) is 4.39 Å². The lowest BCUT2D eigenvalue weighted by Crippen LogP contribution is -2.09. The van der Waals surface area contributed by atoms with Crippen molar-refractivity contribution in [2.45, 2.75) is 45.6 Å². The molecule has 0 fully saturated rings. The molecule has 0 atom stereocenters. The van der Waals surface area contributed by atoms with E-state index in [1.165, 1.54) is 12.1 Å². The fourth-order valence-electron chi connectivity index (χ4n) is 2.37. The molecule has 2 rings (SSSR count). The number of hydrogen-bond acceptors (Lipinski definition) is 2. The summed E-state index contributed by atoms with van der Waals surface area (Å²) in [6, 6.07) is 4.41. The Morgan fingerprint density at radius 3 is 2.85 bits per heavy atom. The SMILES string of the molecule is CCCCCCn1c(CC(=O)O)nc2cc(F)ccc21. The highest BCUT2D eigenvalue weighted by atomic mass is 19.1. The van der Waals surface area contributed by atoms with Crippen LogP contribution in [0.3, 0.4) is 0 Å². The number of unbranched alkanes of at least 4 members (excludes halogenated alkanes) is 3. The van der Waals surface area contributed by atoms with Gasteiger partial charge in [-0.1, -0.05) is 26.2 Å². The van der Waals surface area contributed by atoms with E-state index in [1.807, 2.05) is 4.57 Å². The van der Waals surface area contributed by atoms with Gasteiger partial charge >= 0.3 is 5.97 Å². The molecule has 0 aliphatic carbocycles. The molecule has 1 aromatic heterocycles. The summed E-state index contributed by atoms with van der Waals surface area (Å²) in [7, 11) is 0. The van der Waals surface area contributed by atoms with E-state index < -0.39 is 5.97 Å². The molecule has 1 aromatic carbocycles. The molecule has 0 amide bonds. The van der Waals surface area contributed by atoms with E-state index in [0.717, 1.165) is 37.7 Å². The summed E-state index contributed by atoms with van der Waals surface area (Å²) in [6.07, 6.45) is 4.25. The van der Waals surface area contributed by atoms with E-state index in [9.17, 15) is 9.18 Å². The van der Waals surface area contributed by atoms with E-state index in [0.29, 0.717) is 11.3 Å². The molecule has 0 aliphatic rings. The van der Waals surface area contributed by atoms with Crippen LogP contribution in [0.1, 0.15) is 38.4 Å². The molecule has 1 N–H and O–H groups in total. The number of benzene rings is 1. The number of hydrogen-bond donors (Lipinski definition) is 1. The zero-order valence-corrected chi connectivity index (χ0v) is 11.6. The van der Waals surface area contributed by atoms with Crippen LogP contribution < -0.4 is 0 Å². The van der Waals surface area contributed by atoms with Crippen LogP contribution in [0.25, 0.3) is 11.0 Å². The molecule has 0 saturated carbocycles. The van der Waals surface area contributed by atoms with Crippen LogP contribution >= 0.6 is 0 Å². The Morgan fingerprint density at radius 2 is 2.15 bits per heavy atom. The summed E-state index contributed by atoms with van der Waals surface area (Å²) >= 11 is 0. The molecule has 0 saturated heterocycles. The van der Waals surface area contributed by atoms with Gasteiger partial charge in [-0.25, -0.2) is 9.37 Å². The maximum atomic E-state index is 13.2. The first-order valence-corrected chi connectivity index (χ1v) is 6.98. The van der Waals surface area contributed by atoms with Gasteiger partial charge in [0.05, 0.1) is 11.0 Å². The predicted molar refractivity (Wildman–Crippen MR) is 75.2 cm³/mol. The second-order valence-corrected chi connectivity index (χ2v) is 4.94. The number of fused-ring (bicyclic) bond motifs is 1. The van der Waals surface area contributed by atoms with E-state index in [-0.39, 0.29) is 12.2 Å². The average Bonchev–Trinajstić information content (AvgIpc) is 2.70. The first-order chi connectivity index (χ1) is 9.61. The van der Waals surface area contributed by atoms with Gasteiger partial charge in [-0.3, -0.25) is 4.79 Å². The third kappa shape index (κ3) is 3.35. The normalized spacial score (nSPS) is 11.1. The Bertz CT molecular complexity index is 607. The van der Waals surface area contributed by atoms with Crippen LogP contribution in [-0.4, -0.2) is 20.6 Å². The molecule has 0 unspecified atom stereocenters. The number of rotatable bonds is 7. The second kappa shape index (κ2) is 6.50. The molecule has 0 spiro atoms. The molecule has 20 heavy (non-hydrogen) atoms.